The van der Waals surface area contributed by atoms with E-state index in [9.17, 15) is 4.79 Å². The summed E-state index contributed by atoms with van der Waals surface area (Å²) in [6.45, 7) is 1.75. The lowest BCUT2D eigenvalue weighted by Crippen LogP contribution is -2.29. The van der Waals surface area contributed by atoms with Crippen molar-refractivity contribution in [2.24, 2.45) is 0 Å². The van der Waals surface area contributed by atoms with Crippen molar-refractivity contribution in [2.75, 3.05) is 11.1 Å². The molecule has 0 fully saturated rings. The van der Waals surface area contributed by atoms with Crippen molar-refractivity contribution in [1.82, 2.24) is 19.9 Å². The summed E-state index contributed by atoms with van der Waals surface area (Å²) in [5.41, 5.74) is 6.63. The number of carboxylic acid groups (broad SMARTS) is 1. The first-order valence-corrected chi connectivity index (χ1v) is 5.07. The van der Waals surface area contributed by atoms with Gasteiger partial charge in [-0.15, -0.1) is 0 Å². The molecule has 0 spiro atoms. The third-order valence-electron chi connectivity index (χ3n) is 2.32. The number of hydrogen-bond donors (Lipinski definition) is 4. The van der Waals surface area contributed by atoms with Crippen molar-refractivity contribution >= 4 is 28.9 Å². The zero-order valence-electron chi connectivity index (χ0n) is 9.14. The van der Waals surface area contributed by atoms with E-state index < -0.39 is 12.0 Å². The number of nitrogens with zero attached hydrogens (tertiary/aromatic N) is 3. The average Bonchev–Trinajstić information content (AvgIpc) is 2.74. The van der Waals surface area contributed by atoms with Crippen molar-refractivity contribution < 1.29 is 9.90 Å². The highest BCUT2D eigenvalue weighted by atomic mass is 16.4. The van der Waals surface area contributed by atoms with Gasteiger partial charge in [-0.25, -0.2) is 9.78 Å². The summed E-state index contributed by atoms with van der Waals surface area (Å²) < 4.78 is 0. The van der Waals surface area contributed by atoms with Crippen LogP contribution in [0.3, 0.4) is 0 Å². The number of H-pyrrole nitrogens is 1. The lowest BCUT2D eigenvalue weighted by atomic mass is 10.2. The van der Waals surface area contributed by atoms with Crippen LogP contribution in [0.25, 0.3) is 11.2 Å². The standard InChI is InChI=1S/C9H12N6O2/c1-2-4(8(16)17)13-9-14-6(10)5-7(15-9)12-3-11-5/h3-4H,2H2,1H3,(H,16,17)(H4,10,11,12,13,14,15)/t4-/m1/s1. The molecule has 90 valence electrons. The first kappa shape index (κ1) is 11.1. The molecule has 8 heteroatoms. The Morgan fingerprint density at radius 1 is 1.65 bits per heavy atom. The number of nitrogens with two attached hydrogens (primary N) is 1. The third-order valence-corrected chi connectivity index (χ3v) is 2.32. The van der Waals surface area contributed by atoms with Crippen molar-refractivity contribution in [3.63, 3.8) is 0 Å². The van der Waals surface area contributed by atoms with E-state index in [4.69, 9.17) is 10.8 Å². The number of aromatic amines is 1. The summed E-state index contributed by atoms with van der Waals surface area (Å²) in [4.78, 5) is 25.6. The van der Waals surface area contributed by atoms with Crippen molar-refractivity contribution in [3.05, 3.63) is 6.33 Å². The molecule has 0 radical (unpaired) electrons. The second kappa shape index (κ2) is 4.24. The van der Waals surface area contributed by atoms with Gasteiger partial charge in [0.05, 0.1) is 6.33 Å². The van der Waals surface area contributed by atoms with Gasteiger partial charge in [-0.2, -0.15) is 9.97 Å². The van der Waals surface area contributed by atoms with Crippen molar-refractivity contribution in [1.29, 1.82) is 0 Å². The maximum absolute atomic E-state index is 10.9. The first-order chi connectivity index (χ1) is 8.11. The van der Waals surface area contributed by atoms with E-state index >= 15 is 0 Å². The van der Waals surface area contributed by atoms with Gasteiger partial charge in [0.2, 0.25) is 5.95 Å². The van der Waals surface area contributed by atoms with Gasteiger partial charge in [0, 0.05) is 0 Å². The molecule has 2 rings (SSSR count). The molecule has 2 heterocycles. The lowest BCUT2D eigenvalue weighted by molar-refractivity contribution is -0.137. The van der Waals surface area contributed by atoms with E-state index in [1.165, 1.54) is 6.33 Å². The number of anilines is 2. The Morgan fingerprint density at radius 3 is 3.06 bits per heavy atom. The Hall–Kier alpha value is -2.38. The van der Waals surface area contributed by atoms with Gasteiger partial charge in [-0.1, -0.05) is 6.92 Å². The molecule has 0 unspecified atom stereocenters. The topological polar surface area (TPSA) is 130 Å². The molecule has 0 aliphatic carbocycles. The minimum Gasteiger partial charge on any atom is -0.480 e. The fourth-order valence-electron chi connectivity index (χ4n) is 1.41. The van der Waals surface area contributed by atoms with E-state index in [0.29, 0.717) is 17.6 Å². The summed E-state index contributed by atoms with van der Waals surface area (Å²) >= 11 is 0. The molecule has 0 aromatic carbocycles. The number of carbonyl (C=O) groups is 1. The summed E-state index contributed by atoms with van der Waals surface area (Å²) in [5, 5.41) is 11.6. The number of carboxylic acids is 1. The van der Waals surface area contributed by atoms with Crippen LogP contribution in [0.4, 0.5) is 11.8 Å². The van der Waals surface area contributed by atoms with E-state index in [1.807, 2.05) is 0 Å². The Labute approximate surface area is 96.3 Å². The van der Waals surface area contributed by atoms with Gasteiger partial charge in [0.15, 0.2) is 11.5 Å². The highest BCUT2D eigenvalue weighted by Gasteiger charge is 2.17. The van der Waals surface area contributed by atoms with Crippen LogP contribution in [0.1, 0.15) is 13.3 Å². The smallest absolute Gasteiger partial charge is 0.326 e. The molecule has 0 aliphatic rings. The number of aliphatic carboxylic acids is 1. The first-order valence-electron chi connectivity index (χ1n) is 5.07. The molecule has 8 nitrogen and oxygen atoms in total. The average molecular weight is 236 g/mol. The van der Waals surface area contributed by atoms with Crippen LogP contribution in [0.2, 0.25) is 0 Å². The Morgan fingerprint density at radius 2 is 2.41 bits per heavy atom. The van der Waals surface area contributed by atoms with Crippen LogP contribution < -0.4 is 11.1 Å². The number of aromatic nitrogens is 4. The summed E-state index contributed by atoms with van der Waals surface area (Å²) in [6, 6.07) is -0.745. The van der Waals surface area contributed by atoms with E-state index in [2.05, 4.69) is 25.3 Å². The van der Waals surface area contributed by atoms with E-state index in [1.54, 1.807) is 6.92 Å². The lowest BCUT2D eigenvalue weighted by Gasteiger charge is -2.11. The summed E-state index contributed by atoms with van der Waals surface area (Å²) in [6.07, 6.45) is 1.87. The SMILES string of the molecule is CC[C@@H](Nc1nc(N)c2[nH]cnc2n1)C(=O)O. The highest BCUT2D eigenvalue weighted by molar-refractivity contribution is 5.83. The monoisotopic (exact) mass is 236 g/mol. The second-order valence-electron chi connectivity index (χ2n) is 3.48. The molecule has 0 amide bonds. The largest absolute Gasteiger partial charge is 0.480 e. The Kier molecular flexibility index (Phi) is 2.77. The van der Waals surface area contributed by atoms with Crippen molar-refractivity contribution in [2.45, 2.75) is 19.4 Å². The maximum Gasteiger partial charge on any atom is 0.326 e. The normalized spacial score (nSPS) is 12.5. The molecule has 0 aliphatic heterocycles. The molecule has 2 aromatic heterocycles. The van der Waals surface area contributed by atoms with Crippen molar-refractivity contribution in [3.8, 4) is 0 Å². The molecule has 0 saturated carbocycles. The van der Waals surface area contributed by atoms with Crippen LogP contribution in [0.15, 0.2) is 6.33 Å². The molecule has 5 N–H and O–H groups in total. The number of imidazole rings is 1. The van der Waals surface area contributed by atoms with Crippen LogP contribution in [-0.2, 0) is 4.79 Å². The maximum atomic E-state index is 10.9. The van der Waals surface area contributed by atoms with Gasteiger partial charge in [-0.3, -0.25) is 0 Å². The minimum absolute atomic E-state index is 0.163. The Bertz CT molecular complexity index is 551. The number of nitrogens with one attached hydrogen (secondary N) is 2. The molecule has 2 aromatic rings. The van der Waals surface area contributed by atoms with Gasteiger partial charge in [0.1, 0.15) is 11.6 Å². The van der Waals surface area contributed by atoms with Gasteiger partial charge >= 0.3 is 5.97 Å². The van der Waals surface area contributed by atoms with Gasteiger partial charge in [0.25, 0.3) is 0 Å². The number of rotatable bonds is 4. The summed E-state index contributed by atoms with van der Waals surface area (Å²) in [7, 11) is 0. The van der Waals surface area contributed by atoms with Crippen LogP contribution in [0.5, 0.6) is 0 Å². The predicted molar refractivity (Wildman–Crippen MR) is 61.4 cm³/mol. The number of fused-ring (bicyclic) bond motifs is 1. The number of hydrogen-bond acceptors (Lipinski definition) is 6. The highest BCUT2D eigenvalue weighted by Crippen LogP contribution is 2.15. The predicted octanol–water partition coefficient (Wildman–Crippen LogP) is 0.210. The fraction of sp³-hybridized carbons (Fsp3) is 0.333. The zero-order chi connectivity index (χ0) is 12.4. The number of nitrogen functional groups attached to an aromatic ring is 1. The van der Waals surface area contributed by atoms with E-state index in [0.717, 1.165) is 0 Å². The van der Waals surface area contributed by atoms with Crippen LogP contribution in [-0.4, -0.2) is 37.1 Å². The Balaban J connectivity index is 2.32. The fourth-order valence-corrected chi connectivity index (χ4v) is 1.41. The molecule has 0 bridgehead atoms. The van der Waals surface area contributed by atoms with Gasteiger partial charge in [-0.05, 0) is 6.42 Å². The molecule has 17 heavy (non-hydrogen) atoms. The minimum atomic E-state index is -0.961. The molecular weight excluding hydrogens is 224 g/mol. The van der Waals surface area contributed by atoms with E-state index in [-0.39, 0.29) is 11.8 Å². The summed E-state index contributed by atoms with van der Waals surface area (Å²) in [5.74, 6) is -0.566. The molecule has 1 atom stereocenters. The zero-order valence-corrected chi connectivity index (χ0v) is 9.14. The molecular formula is C9H12N6O2. The second-order valence-corrected chi connectivity index (χ2v) is 3.48. The third kappa shape index (κ3) is 2.10. The van der Waals surface area contributed by atoms with Crippen LogP contribution in [0, 0.1) is 0 Å². The van der Waals surface area contributed by atoms with Gasteiger partial charge < -0.3 is 21.1 Å². The quantitative estimate of drug-likeness (QED) is 0.596. The van der Waals surface area contributed by atoms with Crippen LogP contribution >= 0.6 is 0 Å². The molecule has 0 saturated heterocycles.